The van der Waals surface area contributed by atoms with Crippen molar-refractivity contribution in [2.75, 3.05) is 0 Å². The van der Waals surface area contributed by atoms with E-state index in [4.69, 9.17) is 9.97 Å². The molecule has 0 N–H and O–H groups in total. The Morgan fingerprint density at radius 1 is 0.210 bits per heavy atom. The van der Waals surface area contributed by atoms with Crippen LogP contribution in [0, 0.1) is 0 Å². The molecule has 10 aromatic carbocycles. The second-order valence-electron chi connectivity index (χ2n) is 16.1. The number of fused-ring (bicyclic) bond motifs is 7. The van der Waals surface area contributed by atoms with Gasteiger partial charge in [0.2, 0.25) is 0 Å². The van der Waals surface area contributed by atoms with E-state index in [9.17, 15) is 0 Å². The molecule has 0 aliphatic rings. The fraction of sp³-hybridized carbons (Fsp3) is 0. The molecule has 62 heavy (non-hydrogen) atoms. The van der Waals surface area contributed by atoms with Crippen LogP contribution in [-0.4, -0.2) is 9.97 Å². The van der Waals surface area contributed by atoms with Crippen molar-refractivity contribution < 1.29 is 0 Å². The molecule has 0 amide bonds. The molecule has 0 saturated heterocycles. The Morgan fingerprint density at radius 3 is 1.29 bits per heavy atom. The Morgan fingerprint density at radius 2 is 0.661 bits per heavy atom. The molecular formula is C60H38N2. The third-order valence-corrected chi connectivity index (χ3v) is 12.4. The third kappa shape index (κ3) is 6.20. The van der Waals surface area contributed by atoms with Crippen molar-refractivity contribution in [3.8, 4) is 67.2 Å². The predicted octanol–water partition coefficient (Wildman–Crippen LogP) is 16.2. The molecule has 2 heteroatoms. The van der Waals surface area contributed by atoms with Crippen LogP contribution in [0.4, 0.5) is 0 Å². The van der Waals surface area contributed by atoms with Crippen LogP contribution in [0.15, 0.2) is 231 Å². The first kappa shape index (κ1) is 35.7. The van der Waals surface area contributed by atoms with E-state index >= 15 is 0 Å². The summed E-state index contributed by atoms with van der Waals surface area (Å²) in [5.41, 5.74) is 14.0. The monoisotopic (exact) mass is 786 g/mol. The minimum Gasteiger partial charge on any atom is -0.248 e. The van der Waals surface area contributed by atoms with Crippen LogP contribution >= 0.6 is 0 Å². The Bertz CT molecular complexity index is 3610. The molecule has 12 aromatic rings. The Kier molecular flexibility index (Phi) is 8.53. The maximum atomic E-state index is 5.47. The molecule has 2 heterocycles. The lowest BCUT2D eigenvalue weighted by atomic mass is 9.90. The fourth-order valence-corrected chi connectivity index (χ4v) is 9.38. The summed E-state index contributed by atoms with van der Waals surface area (Å²) in [5, 5.41) is 11.0. The Balaban J connectivity index is 1.06. The largest absolute Gasteiger partial charge is 0.248 e. The van der Waals surface area contributed by atoms with Gasteiger partial charge < -0.3 is 0 Å². The van der Waals surface area contributed by atoms with E-state index in [1.807, 2.05) is 6.07 Å². The summed E-state index contributed by atoms with van der Waals surface area (Å²) in [4.78, 5) is 10.7. The Labute approximate surface area is 360 Å². The summed E-state index contributed by atoms with van der Waals surface area (Å²) < 4.78 is 0. The zero-order valence-electron chi connectivity index (χ0n) is 33.8. The molecule has 0 spiro atoms. The molecule has 0 saturated carbocycles. The SMILES string of the molecule is c1ccc(-c2cc(-c3ccccc3)nc(-c3ccc(-c4cc(-c5cc6ccccc6c6ccccc56)nc5ccc(-c6cc7ccccc7c7ccccc67)cc45)cc3)c2)cc1. The van der Waals surface area contributed by atoms with Gasteiger partial charge in [-0.15, -0.1) is 0 Å². The second kappa shape index (κ2) is 14.8. The number of hydrogen-bond acceptors (Lipinski definition) is 2. The van der Waals surface area contributed by atoms with Crippen molar-refractivity contribution >= 4 is 54.0 Å². The normalized spacial score (nSPS) is 11.5. The van der Waals surface area contributed by atoms with Crippen LogP contribution in [0.3, 0.4) is 0 Å². The number of hydrogen-bond donors (Lipinski definition) is 0. The molecule has 288 valence electrons. The quantitative estimate of drug-likeness (QED) is 0.157. The van der Waals surface area contributed by atoms with E-state index in [0.717, 1.165) is 66.9 Å². The standard InChI is InChI=1S/C60H38N2/c1-3-15-39(16-4-1)46-36-58(41-17-5-2-6-18-41)62-59(37-46)42-29-27-40(28-30-42)54-38-60(55-34-44-20-8-10-22-48(44)50-24-12-14-26-52(50)55)61-57-32-31-45(35-56(54)57)53-33-43-19-7-9-21-47(43)49-23-11-13-25-51(49)53/h1-38H. The second-order valence-corrected chi connectivity index (χ2v) is 16.1. The molecule has 2 aromatic heterocycles. The van der Waals surface area contributed by atoms with Crippen LogP contribution in [0.1, 0.15) is 0 Å². The van der Waals surface area contributed by atoms with Crippen molar-refractivity contribution in [3.63, 3.8) is 0 Å². The average molecular weight is 787 g/mol. The zero-order valence-corrected chi connectivity index (χ0v) is 33.8. The fourth-order valence-electron chi connectivity index (χ4n) is 9.38. The first-order chi connectivity index (χ1) is 30.7. The first-order valence-corrected chi connectivity index (χ1v) is 21.2. The summed E-state index contributed by atoms with van der Waals surface area (Å²) in [7, 11) is 0. The lowest BCUT2D eigenvalue weighted by Gasteiger charge is -2.16. The molecule has 0 radical (unpaired) electrons. The highest BCUT2D eigenvalue weighted by molar-refractivity contribution is 6.16. The number of nitrogens with zero attached hydrogens (tertiary/aromatic N) is 2. The van der Waals surface area contributed by atoms with Crippen molar-refractivity contribution in [1.82, 2.24) is 9.97 Å². The van der Waals surface area contributed by atoms with Gasteiger partial charge in [0, 0.05) is 22.1 Å². The predicted molar refractivity (Wildman–Crippen MR) is 262 cm³/mol. The molecule has 0 aliphatic carbocycles. The molecule has 0 unspecified atom stereocenters. The van der Waals surface area contributed by atoms with Crippen LogP contribution in [-0.2, 0) is 0 Å². The van der Waals surface area contributed by atoms with Crippen molar-refractivity contribution in [2.45, 2.75) is 0 Å². The summed E-state index contributed by atoms with van der Waals surface area (Å²) in [6.45, 7) is 0. The van der Waals surface area contributed by atoms with Gasteiger partial charge in [0.05, 0.1) is 22.6 Å². The van der Waals surface area contributed by atoms with E-state index in [2.05, 4.69) is 224 Å². The molecule has 2 nitrogen and oxygen atoms in total. The van der Waals surface area contributed by atoms with Gasteiger partial charge in [-0.05, 0) is 119 Å². The van der Waals surface area contributed by atoms with Gasteiger partial charge in [0.25, 0.3) is 0 Å². The van der Waals surface area contributed by atoms with Gasteiger partial charge in [-0.1, -0.05) is 188 Å². The smallest absolute Gasteiger partial charge is 0.0722 e. The minimum atomic E-state index is 0.935. The average Bonchev–Trinajstić information content (AvgIpc) is 3.36. The third-order valence-electron chi connectivity index (χ3n) is 12.4. The molecular weight excluding hydrogens is 749 g/mol. The van der Waals surface area contributed by atoms with Crippen LogP contribution in [0.5, 0.6) is 0 Å². The molecule has 0 fully saturated rings. The molecule has 0 aliphatic heterocycles. The van der Waals surface area contributed by atoms with E-state index in [-0.39, 0.29) is 0 Å². The van der Waals surface area contributed by atoms with Crippen LogP contribution in [0.25, 0.3) is 121 Å². The van der Waals surface area contributed by atoms with E-state index in [0.29, 0.717) is 0 Å². The molecule has 0 bridgehead atoms. The molecule has 12 rings (SSSR count). The highest BCUT2D eigenvalue weighted by Crippen LogP contribution is 2.42. The van der Waals surface area contributed by atoms with E-state index in [1.54, 1.807) is 0 Å². The van der Waals surface area contributed by atoms with Crippen LogP contribution in [0.2, 0.25) is 0 Å². The van der Waals surface area contributed by atoms with Gasteiger partial charge in [-0.25, -0.2) is 9.97 Å². The van der Waals surface area contributed by atoms with Crippen molar-refractivity contribution in [1.29, 1.82) is 0 Å². The summed E-state index contributed by atoms with van der Waals surface area (Å²) in [6, 6.07) is 83.0. The first-order valence-electron chi connectivity index (χ1n) is 21.2. The van der Waals surface area contributed by atoms with Gasteiger partial charge in [-0.3, -0.25) is 0 Å². The van der Waals surface area contributed by atoms with E-state index in [1.165, 1.54) is 54.2 Å². The van der Waals surface area contributed by atoms with Crippen molar-refractivity contribution in [3.05, 3.63) is 231 Å². The Hall–Kier alpha value is -8.20. The lowest BCUT2D eigenvalue weighted by Crippen LogP contribution is -1.94. The summed E-state index contributed by atoms with van der Waals surface area (Å²) in [5.74, 6) is 0. The van der Waals surface area contributed by atoms with Gasteiger partial charge in [0.1, 0.15) is 0 Å². The summed E-state index contributed by atoms with van der Waals surface area (Å²) in [6.07, 6.45) is 0. The maximum Gasteiger partial charge on any atom is 0.0722 e. The van der Waals surface area contributed by atoms with Gasteiger partial charge >= 0.3 is 0 Å². The number of pyridine rings is 2. The highest BCUT2D eigenvalue weighted by Gasteiger charge is 2.17. The van der Waals surface area contributed by atoms with Crippen molar-refractivity contribution in [2.24, 2.45) is 0 Å². The van der Waals surface area contributed by atoms with Gasteiger partial charge in [-0.2, -0.15) is 0 Å². The number of rotatable bonds is 6. The summed E-state index contributed by atoms with van der Waals surface area (Å²) >= 11 is 0. The lowest BCUT2D eigenvalue weighted by molar-refractivity contribution is 1.32. The maximum absolute atomic E-state index is 5.47. The number of aromatic nitrogens is 2. The highest BCUT2D eigenvalue weighted by atomic mass is 14.7. The number of benzene rings is 10. The van der Waals surface area contributed by atoms with Gasteiger partial charge in [0.15, 0.2) is 0 Å². The minimum absolute atomic E-state index is 0.935. The topological polar surface area (TPSA) is 25.8 Å². The molecule has 0 atom stereocenters. The van der Waals surface area contributed by atoms with Crippen LogP contribution < -0.4 is 0 Å². The van der Waals surface area contributed by atoms with E-state index < -0.39 is 0 Å². The zero-order chi connectivity index (χ0) is 41.0.